The van der Waals surface area contributed by atoms with Crippen LogP contribution in [-0.2, 0) is 10.0 Å². The van der Waals surface area contributed by atoms with Crippen LogP contribution in [-0.4, -0.2) is 20.0 Å². The summed E-state index contributed by atoms with van der Waals surface area (Å²) in [5.41, 5.74) is 2.65. The highest BCUT2D eigenvalue weighted by Gasteiger charge is 2.22. The molecule has 0 bridgehead atoms. The van der Waals surface area contributed by atoms with Gasteiger partial charge in [-0.1, -0.05) is 17.7 Å². The van der Waals surface area contributed by atoms with Crippen molar-refractivity contribution in [2.75, 3.05) is 11.3 Å². The molecule has 0 aliphatic rings. The van der Waals surface area contributed by atoms with Crippen LogP contribution in [0.15, 0.2) is 46.7 Å². The zero-order valence-electron chi connectivity index (χ0n) is 15.1. The van der Waals surface area contributed by atoms with E-state index in [1.165, 1.54) is 11.3 Å². The van der Waals surface area contributed by atoms with Crippen molar-refractivity contribution in [3.63, 3.8) is 0 Å². The molecule has 0 atom stereocenters. The average molecular weight is 423 g/mol. The van der Waals surface area contributed by atoms with E-state index in [1.807, 2.05) is 32.2 Å². The molecule has 2 aromatic carbocycles. The van der Waals surface area contributed by atoms with Gasteiger partial charge in [-0.15, -0.1) is 11.3 Å². The smallest absolute Gasteiger partial charge is 0.265 e. The lowest BCUT2D eigenvalue weighted by atomic mass is 10.2. The summed E-state index contributed by atoms with van der Waals surface area (Å²) >= 11 is 7.52. The molecule has 0 saturated carbocycles. The summed E-state index contributed by atoms with van der Waals surface area (Å²) in [6.07, 6.45) is 0. The number of halogens is 1. The van der Waals surface area contributed by atoms with E-state index in [4.69, 9.17) is 16.3 Å². The minimum Gasteiger partial charge on any atom is -0.492 e. The number of sulfonamides is 1. The lowest BCUT2D eigenvalue weighted by molar-refractivity contribution is 0.331. The molecule has 5 nitrogen and oxygen atoms in total. The van der Waals surface area contributed by atoms with Crippen LogP contribution in [0, 0.1) is 13.8 Å². The molecule has 8 heteroatoms. The van der Waals surface area contributed by atoms with Crippen molar-refractivity contribution in [2.24, 2.45) is 0 Å². The van der Waals surface area contributed by atoms with E-state index in [0.717, 1.165) is 16.3 Å². The molecule has 1 N–H and O–H groups in total. The van der Waals surface area contributed by atoms with Gasteiger partial charge in [0.1, 0.15) is 10.6 Å². The van der Waals surface area contributed by atoms with Crippen LogP contribution in [0.4, 0.5) is 5.69 Å². The Morgan fingerprint density at radius 2 is 1.96 bits per heavy atom. The molecular formula is C19H19ClN2O3S2. The number of nitrogens with one attached hydrogen (secondary N) is 1. The minimum atomic E-state index is -3.89. The number of hydrogen-bond acceptors (Lipinski definition) is 5. The Morgan fingerprint density at radius 3 is 2.63 bits per heavy atom. The third kappa shape index (κ3) is 4.43. The average Bonchev–Trinajstić information content (AvgIpc) is 3.05. The standard InChI is InChI=1S/C19H19ClN2O3S2/c1-4-25-18-8-6-14(17-11-26-13(3)21-17)9-19(18)27(23,24)22-16-10-15(20)7-5-12(16)2/h5-11,22H,4H2,1-3H3. The third-order valence-electron chi connectivity index (χ3n) is 3.89. The fraction of sp³-hybridized carbons (Fsp3) is 0.211. The van der Waals surface area contributed by atoms with Gasteiger partial charge in [-0.3, -0.25) is 4.72 Å². The lowest BCUT2D eigenvalue weighted by Gasteiger charge is -2.15. The van der Waals surface area contributed by atoms with E-state index in [9.17, 15) is 8.42 Å². The van der Waals surface area contributed by atoms with Crippen LogP contribution < -0.4 is 9.46 Å². The van der Waals surface area contributed by atoms with Crippen LogP contribution in [0.5, 0.6) is 5.75 Å². The second-order valence-corrected chi connectivity index (χ2v) is 9.06. The molecule has 3 rings (SSSR count). The number of benzene rings is 2. The Kier molecular flexibility index (Phi) is 5.74. The molecule has 1 aromatic heterocycles. The maximum Gasteiger partial charge on any atom is 0.265 e. The quantitative estimate of drug-likeness (QED) is 0.586. The van der Waals surface area contributed by atoms with Gasteiger partial charge < -0.3 is 4.74 Å². The van der Waals surface area contributed by atoms with Crippen LogP contribution >= 0.6 is 22.9 Å². The van der Waals surface area contributed by atoms with E-state index >= 15 is 0 Å². The topological polar surface area (TPSA) is 68.3 Å². The predicted octanol–water partition coefficient (Wildman–Crippen LogP) is 5.28. The summed E-state index contributed by atoms with van der Waals surface area (Å²) in [4.78, 5) is 4.50. The lowest BCUT2D eigenvalue weighted by Crippen LogP contribution is -2.15. The van der Waals surface area contributed by atoms with Gasteiger partial charge >= 0.3 is 0 Å². The third-order valence-corrected chi connectivity index (χ3v) is 6.29. The Bertz CT molecular complexity index is 1080. The number of hydrogen-bond donors (Lipinski definition) is 1. The Labute approximate surface area is 168 Å². The Morgan fingerprint density at radius 1 is 1.19 bits per heavy atom. The Hall–Kier alpha value is -2.09. The number of thiazole rings is 1. The van der Waals surface area contributed by atoms with Crippen LogP contribution in [0.3, 0.4) is 0 Å². The van der Waals surface area contributed by atoms with Gasteiger partial charge in [-0.25, -0.2) is 13.4 Å². The van der Waals surface area contributed by atoms with Gasteiger partial charge in [0, 0.05) is 16.0 Å². The van der Waals surface area contributed by atoms with Crippen molar-refractivity contribution in [1.82, 2.24) is 4.98 Å². The zero-order valence-corrected chi connectivity index (χ0v) is 17.5. The van der Waals surface area contributed by atoms with Crippen molar-refractivity contribution < 1.29 is 13.2 Å². The van der Waals surface area contributed by atoms with Crippen molar-refractivity contribution in [3.8, 4) is 17.0 Å². The van der Waals surface area contributed by atoms with Gasteiger partial charge in [0.05, 0.1) is 23.0 Å². The van der Waals surface area contributed by atoms with Crippen LogP contribution in [0.1, 0.15) is 17.5 Å². The molecule has 3 aromatic rings. The summed E-state index contributed by atoms with van der Waals surface area (Å²) < 4.78 is 34.4. The zero-order chi connectivity index (χ0) is 19.6. The Balaban J connectivity index is 2.07. The first kappa shape index (κ1) is 19.7. The summed E-state index contributed by atoms with van der Waals surface area (Å²) in [6, 6.07) is 10.1. The highest BCUT2D eigenvalue weighted by atomic mass is 35.5. The van der Waals surface area contributed by atoms with Gasteiger partial charge in [0.2, 0.25) is 0 Å². The molecule has 0 aliphatic heterocycles. The molecular weight excluding hydrogens is 404 g/mol. The first-order chi connectivity index (χ1) is 12.8. The van der Waals surface area contributed by atoms with Crippen molar-refractivity contribution >= 4 is 38.6 Å². The monoisotopic (exact) mass is 422 g/mol. The molecule has 1 heterocycles. The first-order valence-electron chi connectivity index (χ1n) is 8.28. The molecule has 142 valence electrons. The summed E-state index contributed by atoms with van der Waals surface area (Å²) in [5.74, 6) is 0.292. The summed E-state index contributed by atoms with van der Waals surface area (Å²) in [7, 11) is -3.89. The van der Waals surface area contributed by atoms with Gasteiger partial charge in [-0.05, 0) is 56.7 Å². The molecule has 0 fully saturated rings. The molecule has 0 saturated heterocycles. The molecule has 0 aliphatic carbocycles. The first-order valence-corrected chi connectivity index (χ1v) is 11.0. The molecule has 0 amide bonds. The summed E-state index contributed by atoms with van der Waals surface area (Å²) in [5, 5.41) is 3.27. The molecule has 0 radical (unpaired) electrons. The van der Waals surface area contributed by atoms with Gasteiger partial charge in [0.15, 0.2) is 0 Å². The van der Waals surface area contributed by atoms with E-state index < -0.39 is 10.0 Å². The highest BCUT2D eigenvalue weighted by Crippen LogP contribution is 2.32. The fourth-order valence-corrected chi connectivity index (χ4v) is 4.64. The largest absolute Gasteiger partial charge is 0.492 e. The number of nitrogens with zero attached hydrogens (tertiary/aromatic N) is 1. The number of aryl methyl sites for hydroxylation is 2. The number of rotatable bonds is 6. The molecule has 0 spiro atoms. The maximum atomic E-state index is 13.1. The molecule has 0 unspecified atom stereocenters. The van der Waals surface area contributed by atoms with Gasteiger partial charge in [-0.2, -0.15) is 0 Å². The summed E-state index contributed by atoms with van der Waals surface area (Å²) in [6.45, 7) is 5.88. The second-order valence-electron chi connectivity index (χ2n) is 5.91. The number of ether oxygens (including phenoxy) is 1. The normalized spacial score (nSPS) is 11.4. The second kappa shape index (κ2) is 7.88. The fourth-order valence-electron chi connectivity index (χ4n) is 2.55. The van der Waals surface area contributed by atoms with Crippen molar-refractivity contribution in [3.05, 3.63) is 57.4 Å². The SMILES string of the molecule is CCOc1ccc(-c2csc(C)n2)cc1S(=O)(=O)Nc1cc(Cl)ccc1C. The van der Waals surface area contributed by atoms with E-state index in [2.05, 4.69) is 9.71 Å². The minimum absolute atomic E-state index is 0.0619. The van der Waals surface area contributed by atoms with Crippen LogP contribution in [0.25, 0.3) is 11.3 Å². The highest BCUT2D eigenvalue weighted by molar-refractivity contribution is 7.92. The van der Waals surface area contributed by atoms with E-state index in [1.54, 1.807) is 30.3 Å². The van der Waals surface area contributed by atoms with E-state index in [-0.39, 0.29) is 4.90 Å². The maximum absolute atomic E-state index is 13.1. The van der Waals surface area contributed by atoms with E-state index in [0.29, 0.717) is 28.6 Å². The van der Waals surface area contributed by atoms with Gasteiger partial charge in [0.25, 0.3) is 10.0 Å². The molecule has 27 heavy (non-hydrogen) atoms. The number of anilines is 1. The van der Waals surface area contributed by atoms with Crippen LogP contribution in [0.2, 0.25) is 5.02 Å². The van der Waals surface area contributed by atoms with Crippen molar-refractivity contribution in [2.45, 2.75) is 25.7 Å². The van der Waals surface area contributed by atoms with Crippen molar-refractivity contribution in [1.29, 1.82) is 0 Å². The predicted molar refractivity (Wildman–Crippen MR) is 110 cm³/mol. The number of aromatic nitrogens is 1.